The highest BCUT2D eigenvalue weighted by molar-refractivity contribution is 5.92. The number of fused-ring (bicyclic) bond motifs is 1. The Bertz CT molecular complexity index is 1390. The van der Waals surface area contributed by atoms with Crippen LogP contribution in [-0.4, -0.2) is 56.8 Å². The minimum Gasteiger partial charge on any atom is -0.495 e. The second kappa shape index (κ2) is 10.4. The molecular formula is C29H32N4O3. The predicted molar refractivity (Wildman–Crippen MR) is 141 cm³/mol. The molecule has 4 aromatic rings. The maximum Gasteiger partial charge on any atom is 0.246 e. The van der Waals surface area contributed by atoms with Crippen LogP contribution >= 0.6 is 0 Å². The van der Waals surface area contributed by atoms with Crippen molar-refractivity contribution in [2.75, 3.05) is 26.8 Å². The third kappa shape index (κ3) is 4.79. The van der Waals surface area contributed by atoms with Gasteiger partial charge in [-0.15, -0.1) is 0 Å². The standard InChI is InChI=1S/C29H32N4O3/c1-21-19-32(20-30-21)26-9-7-22(17-28(26)36-2)8-10-29(35)31-13-11-23(12-14-31)27-18-24-5-3-4-6-25(24)33(27)15-16-34/h3-10,17-20,23,34H,11-16H2,1-2H3. The van der Waals surface area contributed by atoms with Gasteiger partial charge in [0.25, 0.3) is 0 Å². The van der Waals surface area contributed by atoms with E-state index in [0.29, 0.717) is 12.5 Å². The first-order valence-corrected chi connectivity index (χ1v) is 12.4. The molecule has 1 aliphatic heterocycles. The number of benzene rings is 2. The highest BCUT2D eigenvalue weighted by Crippen LogP contribution is 2.33. The fraction of sp³-hybridized carbons (Fsp3) is 0.310. The molecule has 36 heavy (non-hydrogen) atoms. The molecule has 7 heteroatoms. The molecular weight excluding hydrogens is 452 g/mol. The Kier molecular flexibility index (Phi) is 6.91. The monoisotopic (exact) mass is 484 g/mol. The summed E-state index contributed by atoms with van der Waals surface area (Å²) in [6.45, 7) is 4.09. The minimum atomic E-state index is 0.0256. The van der Waals surface area contributed by atoms with E-state index in [1.54, 1.807) is 19.5 Å². The Hall–Kier alpha value is -3.84. The van der Waals surface area contributed by atoms with Crippen molar-refractivity contribution in [2.45, 2.75) is 32.2 Å². The van der Waals surface area contributed by atoms with Gasteiger partial charge in [-0.1, -0.05) is 24.3 Å². The zero-order chi connectivity index (χ0) is 25.1. The molecule has 1 N–H and O–H groups in total. The molecule has 186 valence electrons. The average molecular weight is 485 g/mol. The number of aryl methyl sites for hydroxylation is 1. The van der Waals surface area contributed by atoms with Crippen LogP contribution in [0.3, 0.4) is 0 Å². The van der Waals surface area contributed by atoms with Crippen LogP contribution < -0.4 is 4.74 Å². The van der Waals surface area contributed by atoms with E-state index in [9.17, 15) is 9.90 Å². The summed E-state index contributed by atoms with van der Waals surface area (Å²) in [6, 6.07) is 16.4. The topological polar surface area (TPSA) is 72.5 Å². The van der Waals surface area contributed by atoms with Crippen LogP contribution in [0.1, 0.15) is 35.7 Å². The van der Waals surface area contributed by atoms with Gasteiger partial charge in [-0.2, -0.15) is 0 Å². The number of hydrogen-bond acceptors (Lipinski definition) is 4. The summed E-state index contributed by atoms with van der Waals surface area (Å²) in [7, 11) is 1.64. The summed E-state index contributed by atoms with van der Waals surface area (Å²) in [5.74, 6) is 1.12. The van der Waals surface area contributed by atoms with Crippen LogP contribution in [0.4, 0.5) is 0 Å². The Morgan fingerprint density at radius 2 is 1.97 bits per heavy atom. The highest BCUT2D eigenvalue weighted by Gasteiger charge is 2.25. The summed E-state index contributed by atoms with van der Waals surface area (Å²) in [5, 5.41) is 10.8. The van der Waals surface area contributed by atoms with Crippen LogP contribution in [0.5, 0.6) is 5.75 Å². The largest absolute Gasteiger partial charge is 0.495 e. The first-order chi connectivity index (χ1) is 17.6. The molecule has 5 rings (SSSR count). The van der Waals surface area contributed by atoms with Gasteiger partial charge in [-0.25, -0.2) is 4.98 Å². The number of likely N-dealkylation sites (tertiary alicyclic amines) is 1. The van der Waals surface area contributed by atoms with E-state index < -0.39 is 0 Å². The van der Waals surface area contributed by atoms with Crippen molar-refractivity contribution >= 4 is 22.9 Å². The normalized spacial score (nSPS) is 14.7. The van der Waals surface area contributed by atoms with E-state index in [4.69, 9.17) is 4.74 Å². The number of methoxy groups -OCH3 is 1. The number of carbonyl (C=O) groups excluding carboxylic acids is 1. The zero-order valence-electron chi connectivity index (χ0n) is 20.8. The summed E-state index contributed by atoms with van der Waals surface area (Å²) in [4.78, 5) is 19.1. The van der Waals surface area contributed by atoms with E-state index in [-0.39, 0.29) is 12.5 Å². The summed E-state index contributed by atoms with van der Waals surface area (Å²) in [5.41, 5.74) is 5.16. The van der Waals surface area contributed by atoms with Gasteiger partial charge < -0.3 is 23.9 Å². The number of piperidine rings is 1. The number of amides is 1. The third-order valence-corrected chi connectivity index (χ3v) is 7.00. The maximum absolute atomic E-state index is 12.9. The average Bonchev–Trinajstić information content (AvgIpc) is 3.51. The molecule has 0 aliphatic carbocycles. The Morgan fingerprint density at radius 3 is 2.69 bits per heavy atom. The smallest absolute Gasteiger partial charge is 0.246 e. The van der Waals surface area contributed by atoms with Crippen LogP contribution in [0, 0.1) is 6.92 Å². The second-order valence-electron chi connectivity index (χ2n) is 9.29. The number of hydrogen-bond donors (Lipinski definition) is 1. The second-order valence-corrected chi connectivity index (χ2v) is 9.29. The van der Waals surface area contributed by atoms with E-state index >= 15 is 0 Å². The lowest BCUT2D eigenvalue weighted by Gasteiger charge is -2.32. The summed E-state index contributed by atoms with van der Waals surface area (Å²) < 4.78 is 9.74. The van der Waals surface area contributed by atoms with E-state index in [1.807, 2.05) is 59.0 Å². The number of nitrogens with zero attached hydrogens (tertiary/aromatic N) is 4. The molecule has 0 saturated carbocycles. The Balaban J connectivity index is 1.25. The molecule has 1 amide bonds. The van der Waals surface area contributed by atoms with Crippen molar-refractivity contribution in [1.82, 2.24) is 19.0 Å². The molecule has 1 aliphatic rings. The molecule has 1 fully saturated rings. The van der Waals surface area contributed by atoms with E-state index in [1.165, 1.54) is 11.1 Å². The molecule has 2 aromatic carbocycles. The molecule has 1 saturated heterocycles. The first-order valence-electron chi connectivity index (χ1n) is 12.4. The number of aliphatic hydroxyl groups is 1. The zero-order valence-corrected chi connectivity index (χ0v) is 20.8. The lowest BCUT2D eigenvalue weighted by Crippen LogP contribution is -2.37. The highest BCUT2D eigenvalue weighted by atomic mass is 16.5. The van der Waals surface area contributed by atoms with Gasteiger partial charge in [0.05, 0.1) is 31.4 Å². The number of aromatic nitrogens is 3. The SMILES string of the molecule is COc1cc(C=CC(=O)N2CCC(c3cc4ccccc4n3CCO)CC2)ccc1-n1cnc(C)c1. The van der Waals surface area contributed by atoms with E-state index in [2.05, 4.69) is 27.8 Å². The predicted octanol–water partition coefficient (Wildman–Crippen LogP) is 4.56. The molecule has 7 nitrogen and oxygen atoms in total. The van der Waals surface area contributed by atoms with Crippen molar-refractivity contribution in [2.24, 2.45) is 0 Å². The minimum absolute atomic E-state index is 0.0256. The van der Waals surface area contributed by atoms with Crippen LogP contribution in [-0.2, 0) is 11.3 Å². The van der Waals surface area contributed by atoms with Gasteiger partial charge in [0, 0.05) is 49.0 Å². The number of para-hydroxylation sites is 1. The van der Waals surface area contributed by atoms with Gasteiger partial charge in [-0.05, 0) is 61.1 Å². The van der Waals surface area contributed by atoms with Gasteiger partial charge in [0.2, 0.25) is 5.91 Å². The lowest BCUT2D eigenvalue weighted by atomic mass is 9.93. The maximum atomic E-state index is 12.9. The number of carbonyl (C=O) groups is 1. The quantitative estimate of drug-likeness (QED) is 0.391. The van der Waals surface area contributed by atoms with Gasteiger partial charge in [0.15, 0.2) is 0 Å². The van der Waals surface area contributed by atoms with Gasteiger partial charge >= 0.3 is 0 Å². The Morgan fingerprint density at radius 1 is 1.17 bits per heavy atom. The number of ether oxygens (including phenoxy) is 1. The van der Waals surface area contributed by atoms with E-state index in [0.717, 1.165) is 54.1 Å². The van der Waals surface area contributed by atoms with Crippen molar-refractivity contribution in [3.8, 4) is 11.4 Å². The molecule has 0 atom stereocenters. The van der Waals surface area contributed by atoms with Crippen LogP contribution in [0.2, 0.25) is 0 Å². The number of aliphatic hydroxyl groups excluding tert-OH is 1. The number of rotatable bonds is 7. The van der Waals surface area contributed by atoms with Crippen LogP contribution in [0.25, 0.3) is 22.7 Å². The molecule has 0 spiro atoms. The van der Waals surface area contributed by atoms with Crippen molar-refractivity contribution in [3.05, 3.63) is 84.1 Å². The third-order valence-electron chi connectivity index (χ3n) is 7.00. The number of imidazole rings is 1. The van der Waals surface area contributed by atoms with Gasteiger partial charge in [0.1, 0.15) is 5.75 Å². The lowest BCUT2D eigenvalue weighted by molar-refractivity contribution is -0.127. The Labute approximate surface area is 211 Å². The molecule has 0 bridgehead atoms. The molecule has 0 unspecified atom stereocenters. The summed E-state index contributed by atoms with van der Waals surface area (Å²) in [6.07, 6.45) is 9.03. The first kappa shape index (κ1) is 23.9. The van der Waals surface area contributed by atoms with Gasteiger partial charge in [-0.3, -0.25) is 4.79 Å². The van der Waals surface area contributed by atoms with Crippen molar-refractivity contribution < 1.29 is 14.6 Å². The fourth-order valence-corrected chi connectivity index (χ4v) is 5.15. The van der Waals surface area contributed by atoms with Crippen molar-refractivity contribution in [1.29, 1.82) is 0 Å². The van der Waals surface area contributed by atoms with Crippen molar-refractivity contribution in [3.63, 3.8) is 0 Å². The molecule has 0 radical (unpaired) electrons. The fourth-order valence-electron chi connectivity index (χ4n) is 5.15. The van der Waals surface area contributed by atoms with Crippen LogP contribution in [0.15, 0.2) is 67.1 Å². The molecule has 2 aromatic heterocycles. The molecule has 3 heterocycles. The summed E-state index contributed by atoms with van der Waals surface area (Å²) >= 11 is 0.